The van der Waals surface area contributed by atoms with Crippen molar-refractivity contribution in [2.75, 3.05) is 26.7 Å². The molecule has 0 aromatic heterocycles. The Kier molecular flexibility index (Phi) is 7.28. The first-order valence-electron chi connectivity index (χ1n) is 10.0. The number of carboxylic acids is 1. The Hall–Kier alpha value is -3.79. The summed E-state index contributed by atoms with van der Waals surface area (Å²) >= 11 is 0. The Balaban J connectivity index is 1.46. The summed E-state index contributed by atoms with van der Waals surface area (Å²) < 4.78 is 5.40. The van der Waals surface area contributed by atoms with Gasteiger partial charge in [0, 0.05) is 25.9 Å². The maximum atomic E-state index is 12.1. The minimum absolute atomic E-state index is 0.00557. The summed E-state index contributed by atoms with van der Waals surface area (Å²) in [7, 11) is 1.55. The number of alkyl carbamates (subject to hydrolysis) is 1. The van der Waals surface area contributed by atoms with Crippen LogP contribution in [-0.4, -0.2) is 54.7 Å². The molecule has 2 amide bonds. The van der Waals surface area contributed by atoms with E-state index in [1.54, 1.807) is 7.05 Å². The van der Waals surface area contributed by atoms with E-state index < -0.39 is 18.0 Å². The highest BCUT2D eigenvalue weighted by Gasteiger charge is 2.28. The molecule has 0 heterocycles. The van der Waals surface area contributed by atoms with Crippen LogP contribution >= 0.6 is 0 Å². The molecule has 0 radical (unpaired) electrons. The fourth-order valence-corrected chi connectivity index (χ4v) is 3.55. The fraction of sp³-hybridized carbons (Fsp3) is 0.292. The Morgan fingerprint density at radius 2 is 1.68 bits per heavy atom. The van der Waals surface area contributed by atoms with Gasteiger partial charge in [0.1, 0.15) is 6.61 Å². The maximum Gasteiger partial charge on any atom is 0.407 e. The third-order valence-electron chi connectivity index (χ3n) is 5.09. The van der Waals surface area contributed by atoms with Gasteiger partial charge in [-0.15, -0.1) is 0 Å². The summed E-state index contributed by atoms with van der Waals surface area (Å²) in [4.78, 5) is 35.8. The van der Waals surface area contributed by atoms with Crippen molar-refractivity contribution in [1.29, 1.82) is 0 Å². The predicted molar refractivity (Wildman–Crippen MR) is 115 cm³/mol. The molecule has 1 aliphatic carbocycles. The first-order chi connectivity index (χ1) is 15.0. The molecule has 0 unspecified atom stereocenters. The third-order valence-corrected chi connectivity index (χ3v) is 5.09. The van der Waals surface area contributed by atoms with E-state index in [-0.39, 0.29) is 25.5 Å². The van der Waals surface area contributed by atoms with Gasteiger partial charge >= 0.3 is 12.1 Å². The number of hydrogen-bond acceptors (Lipinski definition) is 4. The molecular formula is C24H24N2O5. The average molecular weight is 420 g/mol. The zero-order valence-corrected chi connectivity index (χ0v) is 17.3. The van der Waals surface area contributed by atoms with E-state index in [0.717, 1.165) is 22.3 Å². The van der Waals surface area contributed by atoms with Crippen molar-refractivity contribution in [3.05, 3.63) is 59.7 Å². The van der Waals surface area contributed by atoms with Gasteiger partial charge in [0.2, 0.25) is 0 Å². The highest BCUT2D eigenvalue weighted by atomic mass is 16.5. The molecular weight excluding hydrogens is 396 g/mol. The van der Waals surface area contributed by atoms with Gasteiger partial charge in [-0.3, -0.25) is 9.59 Å². The summed E-state index contributed by atoms with van der Waals surface area (Å²) in [5.41, 5.74) is 4.58. The summed E-state index contributed by atoms with van der Waals surface area (Å²) in [6.07, 6.45) is -0.246. The Bertz CT molecular complexity index is 992. The minimum atomic E-state index is -0.903. The van der Waals surface area contributed by atoms with E-state index >= 15 is 0 Å². The lowest BCUT2D eigenvalue weighted by atomic mass is 9.98. The molecule has 1 aliphatic rings. The first-order valence-corrected chi connectivity index (χ1v) is 10.0. The summed E-state index contributed by atoms with van der Waals surface area (Å²) in [5, 5.41) is 11.1. The first kappa shape index (κ1) is 21.9. The number of aliphatic carboxylic acids is 1. The molecule has 2 aromatic rings. The predicted octanol–water partition coefficient (Wildman–Crippen LogP) is 2.85. The van der Waals surface area contributed by atoms with Gasteiger partial charge in [-0.2, -0.15) is 0 Å². The Labute approximate surface area is 181 Å². The number of hydrogen-bond donors (Lipinski definition) is 2. The third kappa shape index (κ3) is 5.64. The van der Waals surface area contributed by atoms with Gasteiger partial charge in [0.25, 0.3) is 5.91 Å². The van der Waals surface area contributed by atoms with Gasteiger partial charge in [-0.05, 0) is 34.6 Å². The molecule has 0 atom stereocenters. The smallest absolute Gasteiger partial charge is 0.407 e. The second-order valence-corrected chi connectivity index (χ2v) is 7.20. The molecule has 0 aliphatic heterocycles. The monoisotopic (exact) mass is 420 g/mol. The van der Waals surface area contributed by atoms with Crippen molar-refractivity contribution < 1.29 is 24.2 Å². The minimum Gasteiger partial charge on any atom is -0.481 e. The molecule has 2 aromatic carbocycles. The molecule has 0 saturated carbocycles. The van der Waals surface area contributed by atoms with Crippen molar-refractivity contribution in [2.24, 2.45) is 0 Å². The second kappa shape index (κ2) is 10.3. The molecule has 2 N–H and O–H groups in total. The zero-order chi connectivity index (χ0) is 22.2. The number of benzene rings is 2. The molecule has 7 nitrogen and oxygen atoms in total. The summed E-state index contributed by atoms with van der Waals surface area (Å²) in [6.45, 7) is 0.490. The number of carbonyl (C=O) groups excluding carboxylic acids is 2. The standard InChI is InChI=1S/C24H24N2O5/c1-26(15-7-13-23(28)29)22(27)12-6-14-25-24(30)31-16-21-19-10-4-2-8-17(19)18-9-3-5-11-20(18)21/h2-5,8-11,21H,7,13-16H2,1H3,(H,25,30)(H,28,29). The SMILES string of the molecule is CN(CCCC(=O)O)C(=O)C#CCNC(=O)OCC1c2ccccc2-c2ccccc21. The largest absolute Gasteiger partial charge is 0.481 e. The van der Waals surface area contributed by atoms with Crippen LogP contribution in [0.25, 0.3) is 11.1 Å². The molecule has 3 rings (SSSR count). The molecule has 0 bridgehead atoms. The maximum absolute atomic E-state index is 12.1. The number of carbonyl (C=O) groups is 3. The van der Waals surface area contributed by atoms with E-state index in [1.165, 1.54) is 4.90 Å². The molecule has 31 heavy (non-hydrogen) atoms. The molecule has 160 valence electrons. The van der Waals surface area contributed by atoms with Crippen molar-refractivity contribution in [2.45, 2.75) is 18.8 Å². The van der Waals surface area contributed by atoms with E-state index in [9.17, 15) is 14.4 Å². The van der Waals surface area contributed by atoms with Crippen LogP contribution in [0.15, 0.2) is 48.5 Å². The topological polar surface area (TPSA) is 95.9 Å². The fourth-order valence-electron chi connectivity index (χ4n) is 3.55. The molecule has 0 fully saturated rings. The number of rotatable bonds is 7. The average Bonchev–Trinajstić information content (AvgIpc) is 3.08. The number of ether oxygens (including phenoxy) is 1. The summed E-state index contributed by atoms with van der Waals surface area (Å²) in [6, 6.07) is 16.2. The van der Waals surface area contributed by atoms with E-state index in [0.29, 0.717) is 13.0 Å². The Morgan fingerprint density at radius 1 is 1.06 bits per heavy atom. The van der Waals surface area contributed by atoms with Crippen LogP contribution in [0.2, 0.25) is 0 Å². The summed E-state index contributed by atoms with van der Waals surface area (Å²) in [5.74, 6) is 3.65. The van der Waals surface area contributed by atoms with Crippen molar-refractivity contribution in [3.8, 4) is 23.0 Å². The second-order valence-electron chi connectivity index (χ2n) is 7.20. The number of carboxylic acid groups (broad SMARTS) is 1. The number of nitrogens with one attached hydrogen (secondary N) is 1. The van der Waals surface area contributed by atoms with Crippen molar-refractivity contribution in [1.82, 2.24) is 10.2 Å². The number of fused-ring (bicyclic) bond motifs is 3. The quantitative estimate of drug-likeness (QED) is 0.672. The van der Waals surface area contributed by atoms with E-state index in [2.05, 4.69) is 29.3 Å². The van der Waals surface area contributed by atoms with Crippen LogP contribution in [0.1, 0.15) is 29.9 Å². The van der Waals surface area contributed by atoms with Gasteiger partial charge in [0.05, 0.1) is 6.54 Å². The normalized spacial score (nSPS) is 11.5. The Morgan fingerprint density at radius 3 is 2.29 bits per heavy atom. The van der Waals surface area contributed by atoms with Crippen LogP contribution in [0.5, 0.6) is 0 Å². The lowest BCUT2D eigenvalue weighted by molar-refractivity contribution is -0.137. The van der Waals surface area contributed by atoms with Crippen LogP contribution in [0.3, 0.4) is 0 Å². The van der Waals surface area contributed by atoms with E-state index in [4.69, 9.17) is 9.84 Å². The van der Waals surface area contributed by atoms with Crippen LogP contribution < -0.4 is 5.32 Å². The van der Waals surface area contributed by atoms with Gasteiger partial charge in [0.15, 0.2) is 0 Å². The highest BCUT2D eigenvalue weighted by molar-refractivity contribution is 5.93. The van der Waals surface area contributed by atoms with E-state index in [1.807, 2.05) is 36.4 Å². The lowest BCUT2D eigenvalue weighted by Gasteiger charge is -2.14. The van der Waals surface area contributed by atoms with Gasteiger partial charge in [-0.1, -0.05) is 54.5 Å². The zero-order valence-electron chi connectivity index (χ0n) is 17.3. The lowest BCUT2D eigenvalue weighted by Crippen LogP contribution is -2.28. The van der Waals surface area contributed by atoms with Crippen molar-refractivity contribution >= 4 is 18.0 Å². The van der Waals surface area contributed by atoms with Crippen LogP contribution in [0, 0.1) is 11.8 Å². The molecule has 7 heteroatoms. The number of nitrogens with zero attached hydrogens (tertiary/aromatic N) is 1. The van der Waals surface area contributed by atoms with Crippen molar-refractivity contribution in [3.63, 3.8) is 0 Å². The van der Waals surface area contributed by atoms with Crippen LogP contribution in [0.4, 0.5) is 4.79 Å². The van der Waals surface area contributed by atoms with Gasteiger partial charge < -0.3 is 20.1 Å². The molecule has 0 saturated heterocycles. The van der Waals surface area contributed by atoms with Gasteiger partial charge in [-0.25, -0.2) is 4.79 Å². The highest BCUT2D eigenvalue weighted by Crippen LogP contribution is 2.44. The number of amides is 2. The molecule has 0 spiro atoms. The van der Waals surface area contributed by atoms with Crippen LogP contribution in [-0.2, 0) is 14.3 Å².